The summed E-state index contributed by atoms with van der Waals surface area (Å²) >= 11 is 18.5. The second-order valence-electron chi connectivity index (χ2n) is 7.50. The number of hydrogen-bond acceptors (Lipinski definition) is 4. The summed E-state index contributed by atoms with van der Waals surface area (Å²) in [6.07, 6.45) is -0.563. The van der Waals surface area contributed by atoms with E-state index < -0.39 is 6.10 Å². The SMILES string of the molecule is O[C@@H](COc1ccc2cc(Cl)ccc2c1)CN1CCN(c2cc(Cl)ccc2Cl)CC1. The van der Waals surface area contributed by atoms with Crippen LogP contribution in [0.15, 0.2) is 54.6 Å². The van der Waals surface area contributed by atoms with Crippen LogP contribution in [0.25, 0.3) is 10.8 Å². The van der Waals surface area contributed by atoms with Gasteiger partial charge in [0.15, 0.2) is 0 Å². The summed E-state index contributed by atoms with van der Waals surface area (Å²) in [7, 11) is 0. The molecule has 4 rings (SSSR count). The lowest BCUT2D eigenvalue weighted by atomic mass is 10.1. The highest BCUT2D eigenvalue weighted by molar-refractivity contribution is 6.35. The molecule has 1 aliphatic heterocycles. The average Bonchev–Trinajstić information content (AvgIpc) is 2.74. The van der Waals surface area contributed by atoms with Gasteiger partial charge in [-0.2, -0.15) is 0 Å². The molecule has 0 bridgehead atoms. The highest BCUT2D eigenvalue weighted by Gasteiger charge is 2.21. The van der Waals surface area contributed by atoms with Crippen molar-refractivity contribution < 1.29 is 9.84 Å². The van der Waals surface area contributed by atoms with Crippen molar-refractivity contribution in [2.45, 2.75) is 6.10 Å². The van der Waals surface area contributed by atoms with Crippen molar-refractivity contribution in [3.63, 3.8) is 0 Å². The summed E-state index contributed by atoms with van der Waals surface area (Å²) in [5.41, 5.74) is 0.963. The van der Waals surface area contributed by atoms with Crippen LogP contribution >= 0.6 is 34.8 Å². The number of hydrogen-bond donors (Lipinski definition) is 1. The molecule has 158 valence electrons. The molecule has 4 nitrogen and oxygen atoms in total. The molecule has 0 unspecified atom stereocenters. The molecule has 0 radical (unpaired) electrons. The molecular formula is C23H23Cl3N2O2. The second-order valence-corrected chi connectivity index (χ2v) is 8.78. The van der Waals surface area contributed by atoms with Gasteiger partial charge in [-0.3, -0.25) is 4.90 Å². The Kier molecular flexibility index (Phi) is 6.91. The van der Waals surface area contributed by atoms with Gasteiger partial charge in [0.05, 0.1) is 10.7 Å². The minimum atomic E-state index is -0.563. The van der Waals surface area contributed by atoms with Crippen LogP contribution in [0.3, 0.4) is 0 Å². The Balaban J connectivity index is 1.26. The molecule has 1 aliphatic rings. The van der Waals surface area contributed by atoms with E-state index in [1.807, 2.05) is 48.5 Å². The summed E-state index contributed by atoms with van der Waals surface area (Å²) in [5, 5.41) is 14.7. The fraction of sp³-hybridized carbons (Fsp3) is 0.304. The van der Waals surface area contributed by atoms with Gasteiger partial charge in [-0.25, -0.2) is 0 Å². The molecule has 1 fully saturated rings. The van der Waals surface area contributed by atoms with Gasteiger partial charge in [0.25, 0.3) is 0 Å². The number of aliphatic hydroxyl groups excluding tert-OH is 1. The summed E-state index contributed by atoms with van der Waals surface area (Å²) in [6, 6.07) is 17.1. The summed E-state index contributed by atoms with van der Waals surface area (Å²) < 4.78 is 5.81. The topological polar surface area (TPSA) is 35.9 Å². The Morgan fingerprint density at radius 3 is 2.30 bits per heavy atom. The average molecular weight is 466 g/mol. The van der Waals surface area contributed by atoms with Gasteiger partial charge in [-0.1, -0.05) is 46.9 Å². The van der Waals surface area contributed by atoms with Crippen LogP contribution in [0.5, 0.6) is 5.75 Å². The van der Waals surface area contributed by atoms with Crippen LogP contribution in [0, 0.1) is 0 Å². The highest BCUT2D eigenvalue weighted by atomic mass is 35.5. The van der Waals surface area contributed by atoms with Gasteiger partial charge < -0.3 is 14.7 Å². The van der Waals surface area contributed by atoms with Gasteiger partial charge in [0.1, 0.15) is 18.5 Å². The number of aliphatic hydroxyl groups is 1. The molecule has 1 N–H and O–H groups in total. The lowest BCUT2D eigenvalue weighted by molar-refractivity contribution is 0.0663. The van der Waals surface area contributed by atoms with Crippen molar-refractivity contribution in [1.82, 2.24) is 4.90 Å². The zero-order chi connectivity index (χ0) is 21.1. The number of β-amino-alcohol motifs (C(OH)–C–C–N with tert-alkyl or cyclic N) is 1. The molecule has 1 atom stereocenters. The first-order chi connectivity index (χ1) is 14.5. The smallest absolute Gasteiger partial charge is 0.120 e. The lowest BCUT2D eigenvalue weighted by Gasteiger charge is -2.37. The summed E-state index contributed by atoms with van der Waals surface area (Å²) in [6.45, 7) is 4.18. The Morgan fingerprint density at radius 1 is 0.833 bits per heavy atom. The number of halogens is 3. The molecule has 0 aliphatic carbocycles. The Labute approximate surface area is 191 Å². The molecule has 0 spiro atoms. The zero-order valence-electron chi connectivity index (χ0n) is 16.4. The quantitative estimate of drug-likeness (QED) is 0.531. The molecule has 0 saturated carbocycles. The van der Waals surface area contributed by atoms with Crippen LogP contribution < -0.4 is 9.64 Å². The number of piperazine rings is 1. The van der Waals surface area contributed by atoms with Crippen LogP contribution in [-0.4, -0.2) is 55.4 Å². The van der Waals surface area contributed by atoms with Crippen molar-refractivity contribution >= 4 is 51.3 Å². The number of nitrogens with zero attached hydrogens (tertiary/aromatic N) is 2. The van der Waals surface area contributed by atoms with Crippen molar-refractivity contribution in [2.75, 3.05) is 44.2 Å². The zero-order valence-corrected chi connectivity index (χ0v) is 18.7. The first-order valence-electron chi connectivity index (χ1n) is 9.90. The normalized spacial score (nSPS) is 16.1. The Morgan fingerprint density at radius 2 is 1.50 bits per heavy atom. The standard InChI is InChI=1S/C23H23Cl3N2O2/c24-18-3-1-17-12-21(5-2-16(17)11-18)30-15-20(29)14-27-7-9-28(10-8-27)23-13-19(25)4-6-22(23)26/h1-6,11-13,20,29H,7-10,14-15H2/t20-/m1/s1. The Bertz CT molecular complexity index is 1020. The largest absolute Gasteiger partial charge is 0.491 e. The van der Waals surface area contributed by atoms with E-state index in [0.29, 0.717) is 21.6 Å². The maximum atomic E-state index is 10.4. The molecule has 3 aromatic carbocycles. The van der Waals surface area contributed by atoms with Crippen molar-refractivity contribution in [2.24, 2.45) is 0 Å². The van der Waals surface area contributed by atoms with Gasteiger partial charge in [0, 0.05) is 42.8 Å². The number of fused-ring (bicyclic) bond motifs is 1. The van der Waals surface area contributed by atoms with E-state index in [-0.39, 0.29) is 6.61 Å². The predicted molar refractivity (Wildman–Crippen MR) is 126 cm³/mol. The van der Waals surface area contributed by atoms with Crippen LogP contribution in [0.2, 0.25) is 15.1 Å². The van der Waals surface area contributed by atoms with Crippen molar-refractivity contribution in [3.8, 4) is 5.75 Å². The van der Waals surface area contributed by atoms with Gasteiger partial charge in [-0.15, -0.1) is 0 Å². The number of benzene rings is 3. The van der Waals surface area contributed by atoms with E-state index >= 15 is 0 Å². The number of anilines is 1. The fourth-order valence-electron chi connectivity index (χ4n) is 3.73. The molecule has 0 aromatic heterocycles. The first kappa shape index (κ1) is 21.5. The maximum absolute atomic E-state index is 10.4. The monoisotopic (exact) mass is 464 g/mol. The van der Waals surface area contributed by atoms with E-state index in [4.69, 9.17) is 39.5 Å². The fourth-order valence-corrected chi connectivity index (χ4v) is 4.31. The van der Waals surface area contributed by atoms with E-state index in [1.54, 1.807) is 6.07 Å². The molecule has 0 amide bonds. The van der Waals surface area contributed by atoms with Crippen molar-refractivity contribution in [3.05, 3.63) is 69.7 Å². The van der Waals surface area contributed by atoms with Crippen molar-refractivity contribution in [1.29, 1.82) is 0 Å². The molecule has 1 saturated heterocycles. The van der Waals surface area contributed by atoms with E-state index in [9.17, 15) is 5.11 Å². The van der Waals surface area contributed by atoms with Crippen LogP contribution in [-0.2, 0) is 0 Å². The highest BCUT2D eigenvalue weighted by Crippen LogP contribution is 2.30. The lowest BCUT2D eigenvalue weighted by Crippen LogP contribution is -2.49. The minimum Gasteiger partial charge on any atom is -0.491 e. The Hall–Kier alpha value is -1.69. The second kappa shape index (κ2) is 9.63. The third kappa shape index (κ3) is 5.32. The summed E-state index contributed by atoms with van der Waals surface area (Å²) in [4.78, 5) is 4.47. The third-order valence-electron chi connectivity index (χ3n) is 5.31. The van der Waals surface area contributed by atoms with Gasteiger partial charge >= 0.3 is 0 Å². The third-order valence-corrected chi connectivity index (χ3v) is 6.10. The van der Waals surface area contributed by atoms with E-state index in [1.165, 1.54) is 0 Å². The van der Waals surface area contributed by atoms with Gasteiger partial charge in [-0.05, 0) is 53.2 Å². The first-order valence-corrected chi connectivity index (χ1v) is 11.0. The summed E-state index contributed by atoms with van der Waals surface area (Å²) in [5.74, 6) is 0.740. The van der Waals surface area contributed by atoms with E-state index in [0.717, 1.165) is 48.4 Å². The molecule has 30 heavy (non-hydrogen) atoms. The number of ether oxygens (including phenoxy) is 1. The molecule has 3 aromatic rings. The van der Waals surface area contributed by atoms with E-state index in [2.05, 4.69) is 9.80 Å². The minimum absolute atomic E-state index is 0.249. The van der Waals surface area contributed by atoms with Crippen LogP contribution in [0.4, 0.5) is 5.69 Å². The maximum Gasteiger partial charge on any atom is 0.120 e. The van der Waals surface area contributed by atoms with Crippen LogP contribution in [0.1, 0.15) is 0 Å². The van der Waals surface area contributed by atoms with Gasteiger partial charge in [0.2, 0.25) is 0 Å². The molecule has 7 heteroatoms. The number of rotatable bonds is 6. The molecule has 1 heterocycles. The predicted octanol–water partition coefficient (Wildman–Crippen LogP) is 5.36. The molecular weight excluding hydrogens is 443 g/mol.